The Labute approximate surface area is 349 Å². The Bertz CT molecular complexity index is 1740. The van der Waals surface area contributed by atoms with Crippen LogP contribution in [0.4, 0.5) is 4.39 Å². The average Bonchev–Trinajstić information content (AvgIpc) is 3.21. The number of halogens is 1. The summed E-state index contributed by atoms with van der Waals surface area (Å²) >= 11 is 0. The normalized spacial score (nSPS) is 27.0. The summed E-state index contributed by atoms with van der Waals surface area (Å²) in [7, 11) is 0. The second-order valence-electron chi connectivity index (χ2n) is 14.5. The number of nitrogens with zero attached hydrogens (tertiary/aromatic N) is 1. The minimum atomic E-state index is -1.89. The van der Waals surface area contributed by atoms with Gasteiger partial charge < -0.3 is 73.8 Å². The summed E-state index contributed by atoms with van der Waals surface area (Å²) in [4.78, 5) is 108. The molecule has 1 aromatic carbocycles. The van der Waals surface area contributed by atoms with Crippen LogP contribution in [0, 0.1) is 0 Å². The lowest BCUT2D eigenvalue weighted by molar-refractivity contribution is -0.219. The van der Waals surface area contributed by atoms with Crippen molar-refractivity contribution >= 4 is 53.3 Å². The number of aliphatic imine (C=N–C) groups is 1. The first kappa shape index (κ1) is 49.4. The third-order valence-corrected chi connectivity index (χ3v) is 9.61. The SMILES string of the molecule is CC([18F])C(=O)NC[C@H]1OC(C(=O)NCCCC[C@@H]2NC(=O)[C@@H](Cc3ccccc3)NC(=O)[C@H](CC(=O)O)NC(=O)CNC(=O)[C@H](CCCN=C(N)N)NC2=O)[C@@H](O)C(O)[C@@H]1O. The number of guanidine groups is 1. The number of aliphatic carboxylic acids is 1. The third kappa shape index (κ3) is 16.2. The van der Waals surface area contributed by atoms with Crippen LogP contribution >= 0.6 is 0 Å². The Hall–Kier alpha value is -5.98. The van der Waals surface area contributed by atoms with Crippen molar-refractivity contribution in [1.82, 2.24) is 37.2 Å². The lowest BCUT2D eigenvalue weighted by Gasteiger charge is -2.40. The first-order valence-corrected chi connectivity index (χ1v) is 19.6. The van der Waals surface area contributed by atoms with Gasteiger partial charge in [-0.25, -0.2) is 4.39 Å². The number of benzene rings is 1. The lowest BCUT2D eigenvalue weighted by Crippen LogP contribution is -2.63. The smallest absolute Gasteiger partial charge is 0.305 e. The molecule has 0 bridgehead atoms. The number of alkyl halides is 1. The summed E-state index contributed by atoms with van der Waals surface area (Å²) in [5.41, 5.74) is 11.4. The van der Waals surface area contributed by atoms with E-state index in [-0.39, 0.29) is 57.6 Å². The van der Waals surface area contributed by atoms with Crippen molar-refractivity contribution < 1.29 is 67.9 Å². The maximum absolute atomic E-state index is 13.9. The number of aliphatic hydroxyl groups excluding tert-OH is 3. The maximum atomic E-state index is 13.9. The monoisotopic (exact) mass is 865 g/mol. The molecule has 0 spiro atoms. The highest BCUT2D eigenvalue weighted by molar-refractivity contribution is 5.98. The van der Waals surface area contributed by atoms with Crippen LogP contribution in [0.3, 0.4) is 0 Å². The number of aliphatic hydroxyl groups is 3. The largest absolute Gasteiger partial charge is 0.481 e. The number of hydrogen-bond acceptors (Lipinski definition) is 13. The highest BCUT2D eigenvalue weighted by Gasteiger charge is 2.46. The Kier molecular flexibility index (Phi) is 19.7. The van der Waals surface area contributed by atoms with Gasteiger partial charge in [-0.05, 0) is 44.6 Å². The molecular weight excluding hydrogens is 810 g/mol. The summed E-state index contributed by atoms with van der Waals surface area (Å²) in [6.07, 6.45) is -11.1. The molecule has 338 valence electrons. The van der Waals surface area contributed by atoms with Crippen LogP contribution in [0.1, 0.15) is 51.0 Å². The third-order valence-electron chi connectivity index (χ3n) is 9.61. The fraction of sp³-hybridized carbons (Fsp3) is 0.595. The molecule has 2 saturated heterocycles. The molecule has 7 amide bonds. The zero-order chi connectivity index (χ0) is 45.2. The molecule has 10 atom stereocenters. The number of unbranched alkanes of at least 4 members (excludes halogenated alkanes) is 1. The molecule has 3 rings (SSSR count). The number of carboxylic acid groups (broad SMARTS) is 1. The van der Waals surface area contributed by atoms with Crippen molar-refractivity contribution in [2.75, 3.05) is 26.2 Å². The first-order valence-electron chi connectivity index (χ1n) is 19.6. The van der Waals surface area contributed by atoms with E-state index in [9.17, 15) is 63.2 Å². The molecule has 0 radical (unpaired) electrons. The van der Waals surface area contributed by atoms with Gasteiger partial charge in [0, 0.05) is 26.1 Å². The van der Waals surface area contributed by atoms with Crippen molar-refractivity contribution in [2.24, 2.45) is 16.5 Å². The fourth-order valence-corrected chi connectivity index (χ4v) is 6.30. The molecule has 0 saturated carbocycles. The maximum Gasteiger partial charge on any atom is 0.305 e. The van der Waals surface area contributed by atoms with E-state index >= 15 is 0 Å². The Morgan fingerprint density at radius 3 is 2.07 bits per heavy atom. The Morgan fingerprint density at radius 2 is 1.43 bits per heavy atom. The number of ether oxygens (including phenoxy) is 1. The second kappa shape index (κ2) is 24.3. The van der Waals surface area contributed by atoms with Crippen molar-refractivity contribution in [2.45, 2.75) is 113 Å². The van der Waals surface area contributed by atoms with Gasteiger partial charge in [-0.15, -0.1) is 0 Å². The molecule has 3 unspecified atom stereocenters. The number of carbonyl (C=O) groups excluding carboxylic acids is 7. The minimum Gasteiger partial charge on any atom is -0.481 e. The molecule has 0 aliphatic carbocycles. The Balaban J connectivity index is 1.82. The van der Waals surface area contributed by atoms with Crippen LogP contribution in [-0.4, -0.2) is 161 Å². The highest BCUT2D eigenvalue weighted by atomic mass is 18.2. The molecular formula is C37H55FN10O13. The van der Waals surface area contributed by atoms with Crippen LogP contribution < -0.4 is 48.7 Å². The van der Waals surface area contributed by atoms with Crippen LogP contribution in [0.15, 0.2) is 35.3 Å². The van der Waals surface area contributed by atoms with E-state index < -0.39 is 128 Å². The minimum absolute atomic E-state index is 0.0377. The van der Waals surface area contributed by atoms with Gasteiger partial charge in [-0.3, -0.25) is 43.3 Å². The van der Waals surface area contributed by atoms with E-state index in [1.165, 1.54) is 0 Å². The molecule has 0 aromatic heterocycles. The molecule has 2 heterocycles. The van der Waals surface area contributed by atoms with E-state index in [2.05, 4.69) is 42.2 Å². The summed E-state index contributed by atoms with van der Waals surface area (Å²) in [6.45, 7) is -0.239. The first-order chi connectivity index (χ1) is 28.9. The van der Waals surface area contributed by atoms with E-state index in [1.807, 2.05) is 0 Å². The van der Waals surface area contributed by atoms with Gasteiger partial charge in [0.25, 0.3) is 11.8 Å². The van der Waals surface area contributed by atoms with Crippen molar-refractivity contribution in [3.8, 4) is 0 Å². The second-order valence-corrected chi connectivity index (χ2v) is 14.5. The van der Waals surface area contributed by atoms with Gasteiger partial charge in [0.1, 0.15) is 48.6 Å². The molecule has 15 N–H and O–H groups in total. The number of amides is 7. The summed E-state index contributed by atoms with van der Waals surface area (Å²) < 4.78 is 18.8. The van der Waals surface area contributed by atoms with E-state index in [4.69, 9.17) is 16.2 Å². The number of carbonyl (C=O) groups is 8. The number of nitrogens with one attached hydrogen (secondary N) is 7. The van der Waals surface area contributed by atoms with Crippen LogP contribution in [0.2, 0.25) is 0 Å². The van der Waals surface area contributed by atoms with Gasteiger partial charge in [-0.2, -0.15) is 0 Å². The molecule has 61 heavy (non-hydrogen) atoms. The average molecular weight is 866 g/mol. The Morgan fingerprint density at radius 1 is 0.820 bits per heavy atom. The molecule has 24 heteroatoms. The number of nitrogens with two attached hydrogens (primary N) is 2. The van der Waals surface area contributed by atoms with Crippen LogP contribution in [0.25, 0.3) is 0 Å². The molecule has 2 aliphatic rings. The summed E-state index contributed by atoms with van der Waals surface area (Å²) in [6, 6.07) is 2.70. The number of hydrogen-bond donors (Lipinski definition) is 13. The van der Waals surface area contributed by atoms with Gasteiger partial charge in [-0.1, -0.05) is 30.3 Å². The van der Waals surface area contributed by atoms with E-state index in [0.29, 0.717) is 5.56 Å². The van der Waals surface area contributed by atoms with Crippen LogP contribution in [0.5, 0.6) is 0 Å². The quantitative estimate of drug-likeness (QED) is 0.0395. The van der Waals surface area contributed by atoms with Crippen LogP contribution in [-0.2, 0) is 49.5 Å². The van der Waals surface area contributed by atoms with E-state index in [1.54, 1.807) is 30.3 Å². The van der Waals surface area contributed by atoms with Gasteiger partial charge >= 0.3 is 5.97 Å². The van der Waals surface area contributed by atoms with Crippen molar-refractivity contribution in [3.05, 3.63) is 35.9 Å². The van der Waals surface area contributed by atoms with Gasteiger partial charge in [0.2, 0.25) is 29.5 Å². The van der Waals surface area contributed by atoms with Gasteiger partial charge in [0.15, 0.2) is 18.2 Å². The lowest BCUT2D eigenvalue weighted by atomic mass is 9.94. The highest BCUT2D eigenvalue weighted by Crippen LogP contribution is 2.21. The summed E-state index contributed by atoms with van der Waals surface area (Å²) in [5, 5.41) is 57.5. The predicted molar refractivity (Wildman–Crippen MR) is 210 cm³/mol. The van der Waals surface area contributed by atoms with E-state index in [0.717, 1.165) is 6.92 Å². The number of rotatable bonds is 17. The molecule has 2 aliphatic heterocycles. The van der Waals surface area contributed by atoms with Crippen molar-refractivity contribution in [3.63, 3.8) is 0 Å². The predicted octanol–water partition coefficient (Wildman–Crippen LogP) is -5.56. The topological polar surface area (TPSA) is 375 Å². The fourth-order valence-electron chi connectivity index (χ4n) is 6.30. The standard InChI is InChI=1S/C37H55FN10O13/c1-18(38)31(55)43-16-24-27(52)28(53)29(54)30(61-24)36(60)41-12-6-5-10-21-33(57)46-20(11-7-13-42-37(39)40)32(56)44-17-25(49)45-23(15-26(50)51)35(59)48-22(34(58)47-21)14-19-8-3-2-4-9-19/h2-4,8-9,18,20-24,27-30,52-54H,5-7,10-17H2,1H3,(H,41,60)(H,43,55)(H,44,56)(H,45,49)(H,46,57)(H,47,58)(H,48,59)(H,50,51)(H4,39,40,42)/t18?,20-,21-,22+,23-,24+,27+,28?,29-,30?/m0/s1/i38-1. The zero-order valence-corrected chi connectivity index (χ0v) is 33.4. The summed E-state index contributed by atoms with van der Waals surface area (Å²) in [5.74, 6) is -8.09. The van der Waals surface area contributed by atoms with Crippen molar-refractivity contribution in [1.29, 1.82) is 0 Å². The number of carboxylic acids is 1. The van der Waals surface area contributed by atoms with Gasteiger partial charge in [0.05, 0.1) is 13.0 Å². The molecule has 1 aromatic rings. The molecule has 23 nitrogen and oxygen atoms in total. The molecule has 2 fully saturated rings. The zero-order valence-electron chi connectivity index (χ0n) is 33.4.